The largest absolute Gasteiger partial charge is 0.451 e. The van der Waals surface area contributed by atoms with Gasteiger partial charge in [-0.3, -0.25) is 4.90 Å². The van der Waals surface area contributed by atoms with Gasteiger partial charge >= 0.3 is 6.18 Å². The first-order chi connectivity index (χ1) is 12.9. The number of alkyl halides is 3. The molecule has 0 amide bonds. The van der Waals surface area contributed by atoms with E-state index >= 15 is 0 Å². The van der Waals surface area contributed by atoms with Crippen LogP contribution in [0.4, 0.5) is 18.3 Å². The van der Waals surface area contributed by atoms with Crippen LogP contribution in [0.3, 0.4) is 0 Å². The topological polar surface area (TPSA) is 48.4 Å². The monoisotopic (exact) mass is 398 g/mol. The quantitative estimate of drug-likeness (QED) is 0.791. The average Bonchev–Trinajstić information content (AvgIpc) is 3.09. The number of halogens is 3. The smallest absolute Gasteiger partial charge is 0.346 e. The van der Waals surface area contributed by atoms with Crippen LogP contribution in [0.1, 0.15) is 22.0 Å². The van der Waals surface area contributed by atoms with Gasteiger partial charge in [0, 0.05) is 75.1 Å². The number of likely N-dealkylation sites (N-methyl/N-ethyl adjacent to an activating group) is 1. The molecular formula is C17H21F3N6S. The van der Waals surface area contributed by atoms with Crippen LogP contribution < -0.4 is 4.90 Å². The highest BCUT2D eigenvalue weighted by atomic mass is 32.1. The Morgan fingerprint density at radius 2 is 1.85 bits per heavy atom. The molecule has 6 nitrogen and oxygen atoms in total. The Morgan fingerprint density at radius 1 is 1.07 bits per heavy atom. The highest BCUT2D eigenvalue weighted by molar-refractivity contribution is 7.15. The number of anilines is 1. The summed E-state index contributed by atoms with van der Waals surface area (Å²) in [6.07, 6.45) is -0.754. The van der Waals surface area contributed by atoms with Gasteiger partial charge in [0.1, 0.15) is 0 Å². The zero-order valence-electron chi connectivity index (χ0n) is 15.0. The number of hydrogen-bond acceptors (Lipinski definition) is 7. The van der Waals surface area contributed by atoms with Gasteiger partial charge in [0.05, 0.1) is 5.69 Å². The van der Waals surface area contributed by atoms with Crippen LogP contribution in [-0.2, 0) is 25.7 Å². The lowest BCUT2D eigenvalue weighted by molar-refractivity contribution is -0.145. The summed E-state index contributed by atoms with van der Waals surface area (Å²) in [6, 6.07) is 0. The number of rotatable bonds is 3. The van der Waals surface area contributed by atoms with E-state index in [4.69, 9.17) is 0 Å². The summed E-state index contributed by atoms with van der Waals surface area (Å²) in [6.45, 7) is 6.04. The van der Waals surface area contributed by atoms with Gasteiger partial charge in [0.25, 0.3) is 0 Å². The second-order valence-corrected chi connectivity index (χ2v) is 8.12. The number of aromatic nitrogens is 3. The fourth-order valence-corrected chi connectivity index (χ4v) is 4.38. The van der Waals surface area contributed by atoms with Gasteiger partial charge in [-0.05, 0) is 7.05 Å². The molecule has 1 fully saturated rings. The lowest BCUT2D eigenvalue weighted by Crippen LogP contribution is -2.44. The van der Waals surface area contributed by atoms with Crippen molar-refractivity contribution in [1.29, 1.82) is 0 Å². The van der Waals surface area contributed by atoms with Gasteiger partial charge in [0.15, 0.2) is 5.13 Å². The Morgan fingerprint density at radius 3 is 2.59 bits per heavy atom. The third kappa shape index (κ3) is 4.22. The van der Waals surface area contributed by atoms with E-state index in [9.17, 15) is 13.2 Å². The molecule has 0 spiro atoms. The maximum absolute atomic E-state index is 12.8. The Bertz CT molecular complexity index is 800. The summed E-state index contributed by atoms with van der Waals surface area (Å²) in [7, 11) is 2.13. The molecule has 1 saturated heterocycles. The van der Waals surface area contributed by atoms with Gasteiger partial charge in [-0.15, -0.1) is 11.3 Å². The van der Waals surface area contributed by atoms with Crippen molar-refractivity contribution in [2.45, 2.75) is 25.7 Å². The second-order valence-electron chi connectivity index (χ2n) is 7.02. The van der Waals surface area contributed by atoms with Crippen molar-refractivity contribution in [3.8, 4) is 0 Å². The molecule has 2 aliphatic heterocycles. The first-order valence-electron chi connectivity index (χ1n) is 8.91. The summed E-state index contributed by atoms with van der Waals surface area (Å²) in [5, 5.41) is 1.05. The molecule has 2 aliphatic rings. The number of piperazine rings is 1. The summed E-state index contributed by atoms with van der Waals surface area (Å²) in [4.78, 5) is 19.8. The van der Waals surface area contributed by atoms with Crippen LogP contribution in [-0.4, -0.2) is 64.5 Å². The molecule has 0 atom stereocenters. The lowest BCUT2D eigenvalue weighted by Gasteiger charge is -2.32. The Hall–Kier alpha value is -1.78. The minimum absolute atomic E-state index is 0.505. The van der Waals surface area contributed by atoms with Gasteiger partial charge in [-0.25, -0.2) is 15.0 Å². The molecule has 2 aromatic rings. The van der Waals surface area contributed by atoms with Gasteiger partial charge in [0.2, 0.25) is 5.82 Å². The molecule has 0 aromatic carbocycles. The Labute approximate surface area is 159 Å². The van der Waals surface area contributed by atoms with Gasteiger partial charge in [-0.1, -0.05) is 0 Å². The van der Waals surface area contributed by atoms with Crippen molar-refractivity contribution in [3.05, 3.63) is 34.4 Å². The minimum Gasteiger partial charge on any atom is -0.346 e. The minimum atomic E-state index is -4.49. The van der Waals surface area contributed by atoms with E-state index in [-0.39, 0.29) is 0 Å². The van der Waals surface area contributed by atoms with Crippen LogP contribution in [0.15, 0.2) is 12.4 Å². The molecule has 0 unspecified atom stereocenters. The highest BCUT2D eigenvalue weighted by Crippen LogP contribution is 2.29. The predicted molar refractivity (Wildman–Crippen MR) is 96.7 cm³/mol. The summed E-state index contributed by atoms with van der Waals surface area (Å²) >= 11 is 1.70. The predicted octanol–water partition coefficient (Wildman–Crippen LogP) is 2.26. The van der Waals surface area contributed by atoms with Crippen molar-refractivity contribution in [2.24, 2.45) is 0 Å². The maximum Gasteiger partial charge on any atom is 0.451 e. The zero-order valence-corrected chi connectivity index (χ0v) is 15.9. The molecule has 4 heterocycles. The maximum atomic E-state index is 12.8. The number of nitrogens with zero attached hydrogens (tertiary/aromatic N) is 6. The lowest BCUT2D eigenvalue weighted by atomic mass is 10.1. The molecule has 27 heavy (non-hydrogen) atoms. The third-order valence-electron chi connectivity index (χ3n) is 4.96. The summed E-state index contributed by atoms with van der Waals surface area (Å²) in [5.41, 5.74) is 1.29. The van der Waals surface area contributed by atoms with Crippen LogP contribution in [0.5, 0.6) is 0 Å². The molecule has 0 radical (unpaired) electrons. The van der Waals surface area contributed by atoms with E-state index in [1.54, 1.807) is 11.3 Å². The summed E-state index contributed by atoms with van der Waals surface area (Å²) < 4.78 is 38.3. The van der Waals surface area contributed by atoms with Crippen LogP contribution in [0.25, 0.3) is 0 Å². The van der Waals surface area contributed by atoms with E-state index in [1.807, 2.05) is 6.20 Å². The number of thiazole rings is 1. The molecule has 4 rings (SSSR count). The molecule has 0 saturated carbocycles. The normalized spacial score (nSPS) is 19.3. The van der Waals surface area contributed by atoms with Gasteiger partial charge in [-0.2, -0.15) is 13.2 Å². The molecule has 0 aliphatic carbocycles. The van der Waals surface area contributed by atoms with Crippen molar-refractivity contribution in [3.63, 3.8) is 0 Å². The molecular weight excluding hydrogens is 377 g/mol. The van der Waals surface area contributed by atoms with Crippen LogP contribution in [0.2, 0.25) is 0 Å². The molecule has 0 bridgehead atoms. The average molecular weight is 398 g/mol. The fourth-order valence-electron chi connectivity index (χ4n) is 3.38. The molecule has 146 valence electrons. The molecule has 2 aromatic heterocycles. The first kappa shape index (κ1) is 18.6. The van der Waals surface area contributed by atoms with E-state index in [1.165, 1.54) is 11.1 Å². The van der Waals surface area contributed by atoms with E-state index in [0.717, 1.165) is 43.4 Å². The van der Waals surface area contributed by atoms with Gasteiger partial charge < -0.3 is 9.80 Å². The van der Waals surface area contributed by atoms with Crippen molar-refractivity contribution >= 4 is 16.5 Å². The summed E-state index contributed by atoms with van der Waals surface area (Å²) in [5.74, 6) is -1.05. The zero-order chi connectivity index (χ0) is 19.0. The highest BCUT2D eigenvalue weighted by Gasteiger charge is 2.35. The van der Waals surface area contributed by atoms with E-state index in [0.29, 0.717) is 25.2 Å². The van der Waals surface area contributed by atoms with Crippen molar-refractivity contribution < 1.29 is 13.2 Å². The Balaban J connectivity index is 1.39. The number of hydrogen-bond donors (Lipinski definition) is 0. The fraction of sp³-hybridized carbons (Fsp3) is 0.588. The van der Waals surface area contributed by atoms with Crippen molar-refractivity contribution in [1.82, 2.24) is 24.8 Å². The van der Waals surface area contributed by atoms with E-state index < -0.39 is 12.0 Å². The SMILES string of the molecule is CN1CCN(c2ncc(CN3CCc4nc(C(F)(F)F)ncc4C3)s2)CC1. The Kier molecular flexibility index (Phi) is 5.04. The van der Waals surface area contributed by atoms with E-state index in [2.05, 4.69) is 36.7 Å². The molecule has 0 N–H and O–H groups in total. The van der Waals surface area contributed by atoms with Crippen LogP contribution in [0, 0.1) is 0 Å². The second kappa shape index (κ2) is 7.33. The van der Waals surface area contributed by atoms with Crippen molar-refractivity contribution in [2.75, 3.05) is 44.7 Å². The number of fused-ring (bicyclic) bond motifs is 1. The standard InChI is InChI=1S/C17H21F3N6S/c1-24-4-6-26(7-5-24)16-22-9-13(27-16)11-25-3-2-14-12(10-25)8-21-15(23-14)17(18,19)20/h8-9H,2-7,10-11H2,1H3. The van der Waals surface area contributed by atoms with Crippen LogP contribution >= 0.6 is 11.3 Å². The molecule has 10 heteroatoms. The third-order valence-corrected chi connectivity index (χ3v) is 6.00. The first-order valence-corrected chi connectivity index (χ1v) is 9.72.